The first-order chi connectivity index (χ1) is 7.91. The van der Waals surface area contributed by atoms with Crippen LogP contribution < -0.4 is 4.90 Å². The summed E-state index contributed by atoms with van der Waals surface area (Å²) >= 11 is 0. The van der Waals surface area contributed by atoms with Crippen molar-refractivity contribution in [2.45, 2.75) is 20.8 Å². The van der Waals surface area contributed by atoms with Crippen molar-refractivity contribution in [2.75, 3.05) is 11.4 Å². The van der Waals surface area contributed by atoms with E-state index in [2.05, 4.69) is 0 Å². The van der Waals surface area contributed by atoms with Crippen LogP contribution in [0.3, 0.4) is 0 Å². The highest BCUT2D eigenvalue weighted by Gasteiger charge is 2.37. The van der Waals surface area contributed by atoms with E-state index in [1.54, 1.807) is 6.92 Å². The number of benzene rings is 1. The molecule has 3 nitrogen and oxygen atoms in total. The lowest BCUT2D eigenvalue weighted by atomic mass is 10.1. The number of rotatable bonds is 2. The normalized spacial score (nSPS) is 14.8. The molecule has 90 valence electrons. The van der Waals surface area contributed by atoms with Crippen LogP contribution in [0.5, 0.6) is 0 Å². The SMILES string of the molecule is Cc1cc(F)cc2c1N(CC(C)C)C(=O)C2=O. The first kappa shape index (κ1) is 11.8. The minimum Gasteiger partial charge on any atom is -0.304 e. The van der Waals surface area contributed by atoms with Gasteiger partial charge in [-0.25, -0.2) is 4.39 Å². The van der Waals surface area contributed by atoms with Crippen LogP contribution >= 0.6 is 0 Å². The largest absolute Gasteiger partial charge is 0.304 e. The van der Waals surface area contributed by atoms with Crippen molar-refractivity contribution in [1.29, 1.82) is 0 Å². The molecule has 0 aliphatic carbocycles. The van der Waals surface area contributed by atoms with Gasteiger partial charge in [-0.15, -0.1) is 0 Å². The van der Waals surface area contributed by atoms with E-state index in [0.29, 0.717) is 17.8 Å². The second-order valence-corrected chi connectivity index (χ2v) is 4.76. The molecule has 0 saturated carbocycles. The number of Topliss-reactive ketones (excluding diaryl/α,β-unsaturated/α-hetero) is 1. The Bertz CT molecular complexity index is 508. The highest BCUT2D eigenvalue weighted by molar-refractivity contribution is 6.52. The molecule has 1 aliphatic rings. The average molecular weight is 235 g/mol. The van der Waals surface area contributed by atoms with Gasteiger partial charge in [0.2, 0.25) is 0 Å². The van der Waals surface area contributed by atoms with Crippen molar-refractivity contribution in [3.8, 4) is 0 Å². The zero-order valence-corrected chi connectivity index (χ0v) is 10.1. The Hall–Kier alpha value is -1.71. The number of amides is 1. The molecular formula is C13H14FNO2. The van der Waals surface area contributed by atoms with Crippen LogP contribution in [-0.4, -0.2) is 18.2 Å². The fraction of sp³-hybridized carbons (Fsp3) is 0.385. The molecule has 17 heavy (non-hydrogen) atoms. The quantitative estimate of drug-likeness (QED) is 0.738. The molecule has 0 saturated heterocycles. The molecule has 0 atom stereocenters. The van der Waals surface area contributed by atoms with E-state index < -0.39 is 17.5 Å². The molecule has 4 heteroatoms. The molecule has 1 amide bonds. The first-order valence-electron chi connectivity index (χ1n) is 5.58. The second-order valence-electron chi connectivity index (χ2n) is 4.76. The number of hydrogen-bond acceptors (Lipinski definition) is 2. The van der Waals surface area contributed by atoms with Gasteiger partial charge >= 0.3 is 0 Å². The van der Waals surface area contributed by atoms with E-state index in [1.807, 2.05) is 13.8 Å². The molecule has 0 aromatic heterocycles. The van der Waals surface area contributed by atoms with Crippen molar-refractivity contribution in [1.82, 2.24) is 0 Å². The lowest BCUT2D eigenvalue weighted by Crippen LogP contribution is -2.33. The summed E-state index contributed by atoms with van der Waals surface area (Å²) < 4.78 is 13.2. The predicted octanol–water partition coefficient (Wildman–Crippen LogP) is 2.32. The average Bonchev–Trinajstić information content (AvgIpc) is 2.43. The van der Waals surface area contributed by atoms with Crippen molar-refractivity contribution in [3.05, 3.63) is 29.1 Å². The number of halogens is 1. The number of carbonyl (C=O) groups excluding carboxylic acids is 2. The molecule has 1 heterocycles. The van der Waals surface area contributed by atoms with Gasteiger partial charge in [0.25, 0.3) is 11.7 Å². The molecule has 1 aliphatic heterocycles. The summed E-state index contributed by atoms with van der Waals surface area (Å²) in [5, 5.41) is 0. The minimum absolute atomic E-state index is 0.188. The zero-order chi connectivity index (χ0) is 12.7. The predicted molar refractivity (Wildman–Crippen MR) is 62.7 cm³/mol. The summed E-state index contributed by atoms with van der Waals surface area (Å²) in [6.45, 7) is 6.12. The van der Waals surface area contributed by atoms with E-state index in [9.17, 15) is 14.0 Å². The molecule has 2 rings (SSSR count). The van der Waals surface area contributed by atoms with Crippen LogP contribution in [0.15, 0.2) is 12.1 Å². The Labute approximate surface area is 99.2 Å². The maximum absolute atomic E-state index is 13.2. The first-order valence-corrected chi connectivity index (χ1v) is 5.58. The Kier molecular flexibility index (Phi) is 2.73. The molecule has 0 radical (unpaired) electrons. The lowest BCUT2D eigenvalue weighted by Gasteiger charge is -2.20. The van der Waals surface area contributed by atoms with Gasteiger partial charge in [-0.3, -0.25) is 9.59 Å². The topological polar surface area (TPSA) is 37.4 Å². The fourth-order valence-electron chi connectivity index (χ4n) is 2.15. The minimum atomic E-state index is -0.608. The van der Waals surface area contributed by atoms with Crippen LogP contribution in [0.2, 0.25) is 0 Å². The summed E-state index contributed by atoms with van der Waals surface area (Å²) in [5.74, 6) is -1.39. The van der Waals surface area contributed by atoms with Gasteiger partial charge in [-0.2, -0.15) is 0 Å². The van der Waals surface area contributed by atoms with Crippen LogP contribution in [-0.2, 0) is 4.79 Å². The monoisotopic (exact) mass is 235 g/mol. The lowest BCUT2D eigenvalue weighted by molar-refractivity contribution is -0.114. The number of fused-ring (bicyclic) bond motifs is 1. The van der Waals surface area contributed by atoms with Crippen LogP contribution in [0.1, 0.15) is 29.8 Å². The number of ketones is 1. The van der Waals surface area contributed by atoms with Crippen molar-refractivity contribution >= 4 is 17.4 Å². The van der Waals surface area contributed by atoms with Gasteiger partial charge in [-0.1, -0.05) is 13.8 Å². The van der Waals surface area contributed by atoms with Crippen LogP contribution in [0.25, 0.3) is 0 Å². The number of hydrogen-bond donors (Lipinski definition) is 0. The molecule has 0 unspecified atom stereocenters. The van der Waals surface area contributed by atoms with Gasteiger partial charge in [-0.05, 0) is 30.5 Å². The number of anilines is 1. The summed E-state index contributed by atoms with van der Waals surface area (Å²) in [5.41, 5.74) is 1.38. The highest BCUT2D eigenvalue weighted by Crippen LogP contribution is 2.33. The van der Waals surface area contributed by atoms with E-state index in [0.717, 1.165) is 6.07 Å². The molecular weight excluding hydrogens is 221 g/mol. The van der Waals surface area contributed by atoms with E-state index >= 15 is 0 Å². The number of carbonyl (C=O) groups is 2. The van der Waals surface area contributed by atoms with E-state index in [4.69, 9.17) is 0 Å². The van der Waals surface area contributed by atoms with Crippen molar-refractivity contribution < 1.29 is 14.0 Å². The molecule has 0 N–H and O–H groups in total. The Morgan fingerprint density at radius 3 is 2.53 bits per heavy atom. The fourth-order valence-corrected chi connectivity index (χ4v) is 2.15. The third-order valence-corrected chi connectivity index (χ3v) is 2.77. The molecule has 0 spiro atoms. The molecule has 1 aromatic rings. The second kappa shape index (κ2) is 3.95. The Balaban J connectivity index is 2.56. The standard InChI is InChI=1S/C13H14FNO2/c1-7(2)6-15-11-8(3)4-9(14)5-10(11)12(16)13(15)17/h4-5,7H,6H2,1-3H3. The molecule has 1 aromatic carbocycles. The maximum Gasteiger partial charge on any atom is 0.299 e. The van der Waals surface area contributed by atoms with Gasteiger partial charge in [0.1, 0.15) is 5.82 Å². The van der Waals surface area contributed by atoms with E-state index in [-0.39, 0.29) is 11.5 Å². The zero-order valence-electron chi connectivity index (χ0n) is 10.1. The van der Waals surface area contributed by atoms with Crippen molar-refractivity contribution in [3.63, 3.8) is 0 Å². The molecule has 0 fully saturated rings. The summed E-state index contributed by atoms with van der Waals surface area (Å²) in [6.07, 6.45) is 0. The maximum atomic E-state index is 13.2. The third kappa shape index (κ3) is 1.84. The Morgan fingerprint density at radius 1 is 1.29 bits per heavy atom. The van der Waals surface area contributed by atoms with Gasteiger partial charge < -0.3 is 4.90 Å². The smallest absolute Gasteiger partial charge is 0.299 e. The highest BCUT2D eigenvalue weighted by atomic mass is 19.1. The van der Waals surface area contributed by atoms with Gasteiger partial charge in [0, 0.05) is 6.54 Å². The van der Waals surface area contributed by atoms with Crippen LogP contribution in [0.4, 0.5) is 10.1 Å². The third-order valence-electron chi connectivity index (χ3n) is 2.77. The number of nitrogens with zero attached hydrogens (tertiary/aromatic N) is 1. The number of aryl methyl sites for hydroxylation is 1. The summed E-state index contributed by atoms with van der Waals surface area (Å²) in [7, 11) is 0. The summed E-state index contributed by atoms with van der Waals surface area (Å²) in [6, 6.07) is 2.49. The van der Waals surface area contributed by atoms with Gasteiger partial charge in [0.15, 0.2) is 0 Å². The van der Waals surface area contributed by atoms with Crippen molar-refractivity contribution in [2.24, 2.45) is 5.92 Å². The van der Waals surface area contributed by atoms with Gasteiger partial charge in [0.05, 0.1) is 11.3 Å². The van der Waals surface area contributed by atoms with Crippen LogP contribution in [0, 0.1) is 18.7 Å². The van der Waals surface area contributed by atoms with E-state index in [1.165, 1.54) is 11.0 Å². The Morgan fingerprint density at radius 2 is 1.94 bits per heavy atom. The summed E-state index contributed by atoms with van der Waals surface area (Å²) in [4.78, 5) is 25.0. The molecule has 0 bridgehead atoms.